The molecule has 4 fully saturated rings. The van der Waals surface area contributed by atoms with Gasteiger partial charge in [0.25, 0.3) is 0 Å². The van der Waals surface area contributed by atoms with Gasteiger partial charge in [0.15, 0.2) is 18.5 Å². The molecule has 26 heavy (non-hydrogen) atoms. The Morgan fingerprint density at radius 2 is 1.77 bits per heavy atom. The minimum Gasteiger partial charge on any atom is -0.482 e. The average molecular weight is 360 g/mol. The van der Waals surface area contributed by atoms with Crippen molar-refractivity contribution in [2.75, 3.05) is 6.61 Å². The maximum atomic E-state index is 13.1. The molecule has 0 aliphatic heterocycles. The van der Waals surface area contributed by atoms with Crippen LogP contribution < -0.4 is 4.74 Å². The Balaban J connectivity index is 1.33. The lowest BCUT2D eigenvalue weighted by Gasteiger charge is -2.56. The smallest absolute Gasteiger partial charge is 0.344 e. The lowest BCUT2D eigenvalue weighted by Crippen LogP contribution is -2.52. The summed E-state index contributed by atoms with van der Waals surface area (Å²) in [5.41, 5.74) is -0.280. The molecule has 4 aliphatic rings. The van der Waals surface area contributed by atoms with Crippen molar-refractivity contribution in [3.05, 3.63) is 30.1 Å². The molecule has 1 aromatic rings. The molecule has 0 saturated heterocycles. The van der Waals surface area contributed by atoms with Gasteiger partial charge in [0.2, 0.25) is 0 Å². The lowest BCUT2D eigenvalue weighted by atomic mass is 9.48. The van der Waals surface area contributed by atoms with E-state index >= 15 is 0 Å². The van der Waals surface area contributed by atoms with E-state index in [0.29, 0.717) is 17.8 Å². The molecule has 5 heteroatoms. The number of hydrogen-bond acceptors (Lipinski definition) is 4. The van der Waals surface area contributed by atoms with E-state index in [1.807, 2.05) is 0 Å². The second kappa shape index (κ2) is 6.67. The van der Waals surface area contributed by atoms with Gasteiger partial charge in [-0.05, 0) is 75.3 Å². The average Bonchev–Trinajstić information content (AvgIpc) is 2.58. The van der Waals surface area contributed by atoms with Gasteiger partial charge in [-0.1, -0.05) is 6.07 Å². The lowest BCUT2D eigenvalue weighted by molar-refractivity contribution is -0.166. The van der Waals surface area contributed by atoms with Gasteiger partial charge in [0.1, 0.15) is 11.6 Å². The Labute approximate surface area is 153 Å². The number of carbonyl (C=O) groups excluding carboxylic acids is 2. The fourth-order valence-corrected chi connectivity index (χ4v) is 5.83. The van der Waals surface area contributed by atoms with E-state index in [-0.39, 0.29) is 23.6 Å². The Morgan fingerprint density at radius 1 is 1.15 bits per heavy atom. The fourth-order valence-electron chi connectivity index (χ4n) is 5.83. The molecule has 0 aromatic heterocycles. The quantitative estimate of drug-likeness (QED) is 0.722. The predicted octanol–water partition coefficient (Wildman–Crippen LogP) is 3.92. The Bertz CT molecular complexity index is 678. The van der Waals surface area contributed by atoms with Crippen molar-refractivity contribution < 1.29 is 23.5 Å². The summed E-state index contributed by atoms with van der Waals surface area (Å²) in [6, 6.07) is 5.59. The van der Waals surface area contributed by atoms with Crippen LogP contribution in [0.2, 0.25) is 0 Å². The van der Waals surface area contributed by atoms with Crippen LogP contribution in [0.5, 0.6) is 5.75 Å². The highest BCUT2D eigenvalue weighted by molar-refractivity contribution is 5.90. The van der Waals surface area contributed by atoms with E-state index in [1.54, 1.807) is 13.0 Å². The van der Waals surface area contributed by atoms with Crippen LogP contribution in [0.15, 0.2) is 24.3 Å². The molecule has 0 N–H and O–H groups in total. The van der Waals surface area contributed by atoms with E-state index in [1.165, 1.54) is 37.5 Å². The molecule has 0 spiro atoms. The molecular formula is C21H25FO4. The molecule has 1 aromatic carbocycles. The van der Waals surface area contributed by atoms with Gasteiger partial charge < -0.3 is 9.47 Å². The Kier molecular flexibility index (Phi) is 4.49. The SMILES string of the molecule is CC(OC(=O)COc1cccc(F)c1)C(=O)C12CC3CC(CC(C3)C1)C2. The summed E-state index contributed by atoms with van der Waals surface area (Å²) >= 11 is 0. The zero-order chi connectivity index (χ0) is 18.3. The van der Waals surface area contributed by atoms with Crippen molar-refractivity contribution in [1.82, 2.24) is 0 Å². The number of benzene rings is 1. The van der Waals surface area contributed by atoms with Gasteiger partial charge in [0, 0.05) is 11.5 Å². The van der Waals surface area contributed by atoms with Crippen LogP contribution in [0.3, 0.4) is 0 Å². The highest BCUT2D eigenvalue weighted by Crippen LogP contribution is 2.60. The number of esters is 1. The number of halogens is 1. The van der Waals surface area contributed by atoms with Gasteiger partial charge in [-0.15, -0.1) is 0 Å². The minimum atomic E-state index is -0.755. The van der Waals surface area contributed by atoms with E-state index in [0.717, 1.165) is 19.3 Å². The van der Waals surface area contributed by atoms with Crippen molar-refractivity contribution in [2.45, 2.75) is 51.6 Å². The second-order valence-electron chi connectivity index (χ2n) is 8.44. The minimum absolute atomic E-state index is 0.0794. The molecule has 0 radical (unpaired) electrons. The van der Waals surface area contributed by atoms with Gasteiger partial charge >= 0.3 is 5.97 Å². The van der Waals surface area contributed by atoms with Crippen LogP contribution in [-0.4, -0.2) is 24.5 Å². The molecular weight excluding hydrogens is 335 g/mol. The predicted molar refractivity (Wildman–Crippen MR) is 93.1 cm³/mol. The monoisotopic (exact) mass is 360 g/mol. The molecule has 0 amide bonds. The summed E-state index contributed by atoms with van der Waals surface area (Å²) in [6.45, 7) is 1.34. The van der Waals surface area contributed by atoms with Crippen molar-refractivity contribution in [3.8, 4) is 5.75 Å². The molecule has 4 aliphatic carbocycles. The van der Waals surface area contributed by atoms with E-state index in [2.05, 4.69) is 0 Å². The molecule has 5 rings (SSSR count). The van der Waals surface area contributed by atoms with Gasteiger partial charge in [-0.3, -0.25) is 4.79 Å². The topological polar surface area (TPSA) is 52.6 Å². The van der Waals surface area contributed by atoms with E-state index < -0.39 is 17.9 Å². The Hall–Kier alpha value is -1.91. The largest absolute Gasteiger partial charge is 0.482 e. The molecule has 140 valence electrons. The normalized spacial score (nSPS) is 32.9. The zero-order valence-electron chi connectivity index (χ0n) is 15.1. The summed E-state index contributed by atoms with van der Waals surface area (Å²) in [5, 5.41) is 0. The van der Waals surface area contributed by atoms with Crippen LogP contribution in [0, 0.1) is 29.0 Å². The summed E-state index contributed by atoms with van der Waals surface area (Å²) in [4.78, 5) is 25.1. The maximum absolute atomic E-state index is 13.1. The van der Waals surface area contributed by atoms with E-state index in [9.17, 15) is 14.0 Å². The van der Waals surface area contributed by atoms with E-state index in [4.69, 9.17) is 9.47 Å². The first-order valence-corrected chi connectivity index (χ1v) is 9.56. The van der Waals surface area contributed by atoms with Crippen LogP contribution in [0.25, 0.3) is 0 Å². The summed E-state index contributed by atoms with van der Waals surface area (Å²) in [6.07, 6.45) is 5.92. The molecule has 0 heterocycles. The summed E-state index contributed by atoms with van der Waals surface area (Å²) in [5.74, 6) is 1.33. The van der Waals surface area contributed by atoms with Gasteiger partial charge in [-0.25, -0.2) is 9.18 Å². The van der Waals surface area contributed by atoms with Crippen LogP contribution >= 0.6 is 0 Å². The van der Waals surface area contributed by atoms with Crippen LogP contribution in [-0.2, 0) is 14.3 Å². The highest BCUT2D eigenvalue weighted by Gasteiger charge is 2.55. The number of rotatable bonds is 6. The third-order valence-electron chi connectivity index (χ3n) is 6.39. The molecule has 1 unspecified atom stereocenters. The van der Waals surface area contributed by atoms with Crippen molar-refractivity contribution in [1.29, 1.82) is 0 Å². The number of ketones is 1. The number of carbonyl (C=O) groups is 2. The Morgan fingerprint density at radius 3 is 2.35 bits per heavy atom. The third-order valence-corrected chi connectivity index (χ3v) is 6.39. The first kappa shape index (κ1) is 17.5. The zero-order valence-corrected chi connectivity index (χ0v) is 15.1. The first-order chi connectivity index (χ1) is 12.4. The fraction of sp³-hybridized carbons (Fsp3) is 0.619. The molecule has 4 saturated carbocycles. The van der Waals surface area contributed by atoms with Crippen LogP contribution in [0.4, 0.5) is 4.39 Å². The van der Waals surface area contributed by atoms with Gasteiger partial charge in [0.05, 0.1) is 0 Å². The third kappa shape index (κ3) is 3.36. The van der Waals surface area contributed by atoms with Crippen LogP contribution in [0.1, 0.15) is 45.4 Å². The number of Topliss-reactive ketones (excluding diaryl/α,β-unsaturated/α-hetero) is 1. The standard InChI is InChI=1S/C21H25FO4/c1-13(26-19(23)12-25-18-4-2-3-17(22)8-18)20(24)21-9-14-5-15(10-21)7-16(6-14)11-21/h2-4,8,13-16H,5-7,9-12H2,1H3. The highest BCUT2D eigenvalue weighted by atomic mass is 19.1. The first-order valence-electron chi connectivity index (χ1n) is 9.56. The molecule has 4 nitrogen and oxygen atoms in total. The molecule has 1 atom stereocenters. The van der Waals surface area contributed by atoms with Crippen molar-refractivity contribution in [2.24, 2.45) is 23.2 Å². The second-order valence-corrected chi connectivity index (χ2v) is 8.44. The number of hydrogen-bond donors (Lipinski definition) is 0. The molecule has 4 bridgehead atoms. The number of ether oxygens (including phenoxy) is 2. The van der Waals surface area contributed by atoms with Crippen molar-refractivity contribution in [3.63, 3.8) is 0 Å². The van der Waals surface area contributed by atoms with Gasteiger partial charge in [-0.2, -0.15) is 0 Å². The summed E-state index contributed by atoms with van der Waals surface area (Å²) < 4.78 is 23.7. The maximum Gasteiger partial charge on any atom is 0.344 e. The van der Waals surface area contributed by atoms with Crippen molar-refractivity contribution >= 4 is 11.8 Å². The summed E-state index contributed by atoms with van der Waals surface area (Å²) in [7, 11) is 0.